The van der Waals surface area contributed by atoms with E-state index in [9.17, 15) is 4.79 Å². The summed E-state index contributed by atoms with van der Waals surface area (Å²) in [6.07, 6.45) is 0. The van der Waals surface area contributed by atoms with Crippen molar-refractivity contribution in [3.8, 4) is 0 Å². The van der Waals surface area contributed by atoms with E-state index in [0.717, 1.165) is 0 Å². The molecule has 0 aliphatic carbocycles. The Morgan fingerprint density at radius 2 is 2.27 bits per heavy atom. The van der Waals surface area contributed by atoms with Crippen LogP contribution in [0.2, 0.25) is 0 Å². The minimum Gasteiger partial charge on any atom is -0.396 e. The lowest BCUT2D eigenvalue weighted by Gasteiger charge is -2.08. The Morgan fingerprint density at radius 1 is 1.73 bits per heavy atom. The normalized spacial score (nSPS) is 12.3. The summed E-state index contributed by atoms with van der Waals surface area (Å²) in [5.41, 5.74) is 0.495. The maximum absolute atomic E-state index is 10.9. The van der Waals surface area contributed by atoms with Gasteiger partial charge in [-0.3, -0.25) is 4.79 Å². The zero-order valence-electron chi connectivity index (χ0n) is 7.05. The molecule has 3 heteroatoms. The number of hydrogen-bond donors (Lipinski definition) is 2. The molecule has 0 spiro atoms. The van der Waals surface area contributed by atoms with Crippen molar-refractivity contribution in [1.29, 1.82) is 0 Å². The standard InChI is InChI=1S/C8H15NO2/c1-6(2)8(11)9-4-7(3)5-10/h7,10H,1,4-5H2,2-3H3,(H,9,11)/t7-/m0/s1. The maximum atomic E-state index is 10.9. The molecule has 0 aromatic carbocycles. The predicted octanol–water partition coefficient (Wildman–Crippen LogP) is 0.307. The van der Waals surface area contributed by atoms with Crippen LogP contribution >= 0.6 is 0 Å². The first-order chi connectivity index (χ1) is 5.07. The summed E-state index contributed by atoms with van der Waals surface area (Å²) in [5.74, 6) is -0.0383. The smallest absolute Gasteiger partial charge is 0.246 e. The van der Waals surface area contributed by atoms with Crippen molar-refractivity contribution in [2.45, 2.75) is 13.8 Å². The Hall–Kier alpha value is -0.830. The van der Waals surface area contributed by atoms with Crippen LogP contribution in [-0.2, 0) is 4.79 Å². The van der Waals surface area contributed by atoms with Crippen molar-refractivity contribution >= 4 is 5.91 Å². The van der Waals surface area contributed by atoms with Gasteiger partial charge in [0.05, 0.1) is 0 Å². The van der Waals surface area contributed by atoms with Crippen molar-refractivity contribution in [2.75, 3.05) is 13.2 Å². The average molecular weight is 157 g/mol. The molecule has 0 saturated heterocycles. The second-order valence-corrected chi connectivity index (χ2v) is 2.78. The Labute approximate surface area is 67.1 Å². The molecule has 3 nitrogen and oxygen atoms in total. The average Bonchev–Trinajstić information content (AvgIpc) is 1.99. The summed E-state index contributed by atoms with van der Waals surface area (Å²) in [6.45, 7) is 7.59. The molecule has 0 aromatic rings. The summed E-state index contributed by atoms with van der Waals surface area (Å²) >= 11 is 0. The number of rotatable bonds is 4. The second kappa shape index (κ2) is 4.91. The minimum atomic E-state index is -0.148. The molecular weight excluding hydrogens is 142 g/mol. The van der Waals surface area contributed by atoms with Crippen molar-refractivity contribution in [3.63, 3.8) is 0 Å². The van der Waals surface area contributed by atoms with Crippen LogP contribution < -0.4 is 5.32 Å². The quantitative estimate of drug-likeness (QED) is 0.577. The summed E-state index contributed by atoms with van der Waals surface area (Å²) in [7, 11) is 0. The van der Waals surface area contributed by atoms with Crippen LogP contribution in [-0.4, -0.2) is 24.2 Å². The van der Waals surface area contributed by atoms with Crippen LogP contribution in [0.1, 0.15) is 13.8 Å². The molecule has 64 valence electrons. The number of carbonyl (C=O) groups excluding carboxylic acids is 1. The third-order valence-electron chi connectivity index (χ3n) is 1.31. The molecular formula is C8H15NO2. The van der Waals surface area contributed by atoms with E-state index < -0.39 is 0 Å². The van der Waals surface area contributed by atoms with Gasteiger partial charge < -0.3 is 10.4 Å². The molecule has 0 aromatic heterocycles. The molecule has 0 aliphatic rings. The molecule has 0 fully saturated rings. The largest absolute Gasteiger partial charge is 0.396 e. The van der Waals surface area contributed by atoms with Crippen LogP contribution in [0.5, 0.6) is 0 Å². The number of amides is 1. The fourth-order valence-corrected chi connectivity index (χ4v) is 0.482. The zero-order valence-corrected chi connectivity index (χ0v) is 7.05. The summed E-state index contributed by atoms with van der Waals surface area (Å²) in [4.78, 5) is 10.9. The SMILES string of the molecule is C=C(C)C(=O)NC[C@H](C)CO. The van der Waals surface area contributed by atoms with Gasteiger partial charge in [-0.1, -0.05) is 13.5 Å². The highest BCUT2D eigenvalue weighted by atomic mass is 16.3. The second-order valence-electron chi connectivity index (χ2n) is 2.78. The summed E-state index contributed by atoms with van der Waals surface area (Å²) in [5, 5.41) is 11.2. The van der Waals surface area contributed by atoms with Crippen molar-refractivity contribution < 1.29 is 9.90 Å². The van der Waals surface area contributed by atoms with Gasteiger partial charge in [0, 0.05) is 18.7 Å². The fourth-order valence-electron chi connectivity index (χ4n) is 0.482. The molecule has 11 heavy (non-hydrogen) atoms. The number of hydrogen-bond acceptors (Lipinski definition) is 2. The topological polar surface area (TPSA) is 49.3 Å². The lowest BCUT2D eigenvalue weighted by molar-refractivity contribution is -0.117. The summed E-state index contributed by atoms with van der Waals surface area (Å²) < 4.78 is 0. The number of aliphatic hydroxyl groups is 1. The van der Waals surface area contributed by atoms with Gasteiger partial charge in [0.25, 0.3) is 0 Å². The van der Waals surface area contributed by atoms with E-state index in [4.69, 9.17) is 5.11 Å². The summed E-state index contributed by atoms with van der Waals surface area (Å²) in [6, 6.07) is 0. The molecule has 1 amide bonds. The van der Waals surface area contributed by atoms with E-state index in [0.29, 0.717) is 12.1 Å². The molecule has 0 saturated carbocycles. The van der Waals surface area contributed by atoms with E-state index in [2.05, 4.69) is 11.9 Å². The van der Waals surface area contributed by atoms with Gasteiger partial charge in [-0.05, 0) is 12.8 Å². The van der Waals surface area contributed by atoms with Gasteiger partial charge in [0.1, 0.15) is 0 Å². The lowest BCUT2D eigenvalue weighted by atomic mass is 10.2. The van der Waals surface area contributed by atoms with Gasteiger partial charge in [0.2, 0.25) is 5.91 Å². The van der Waals surface area contributed by atoms with E-state index in [1.165, 1.54) is 0 Å². The lowest BCUT2D eigenvalue weighted by Crippen LogP contribution is -2.29. The maximum Gasteiger partial charge on any atom is 0.246 e. The van der Waals surface area contributed by atoms with Crippen LogP contribution in [0.15, 0.2) is 12.2 Å². The molecule has 1 atom stereocenters. The molecule has 2 N–H and O–H groups in total. The number of nitrogens with one attached hydrogen (secondary N) is 1. The molecule has 0 aliphatic heterocycles. The minimum absolute atomic E-state index is 0.0937. The Bertz CT molecular complexity index is 154. The number of aliphatic hydroxyl groups excluding tert-OH is 1. The molecule has 0 radical (unpaired) electrons. The highest BCUT2D eigenvalue weighted by Crippen LogP contribution is 1.91. The Balaban J connectivity index is 3.54. The van der Waals surface area contributed by atoms with Gasteiger partial charge in [-0.2, -0.15) is 0 Å². The van der Waals surface area contributed by atoms with E-state index in [1.54, 1.807) is 6.92 Å². The first-order valence-electron chi connectivity index (χ1n) is 3.62. The molecule has 0 unspecified atom stereocenters. The Morgan fingerprint density at radius 3 is 2.64 bits per heavy atom. The van der Waals surface area contributed by atoms with E-state index >= 15 is 0 Å². The molecule has 0 heterocycles. The Kier molecular flexibility index (Phi) is 4.54. The highest BCUT2D eigenvalue weighted by Gasteiger charge is 2.03. The van der Waals surface area contributed by atoms with E-state index in [1.807, 2.05) is 6.92 Å². The highest BCUT2D eigenvalue weighted by molar-refractivity contribution is 5.92. The molecule has 0 rings (SSSR count). The first-order valence-corrected chi connectivity index (χ1v) is 3.62. The number of carbonyl (C=O) groups is 1. The van der Waals surface area contributed by atoms with E-state index in [-0.39, 0.29) is 18.4 Å². The van der Waals surface area contributed by atoms with Crippen molar-refractivity contribution in [1.82, 2.24) is 5.32 Å². The van der Waals surface area contributed by atoms with Crippen molar-refractivity contribution in [3.05, 3.63) is 12.2 Å². The third kappa shape index (κ3) is 4.56. The monoisotopic (exact) mass is 157 g/mol. The predicted molar refractivity (Wildman–Crippen MR) is 44.1 cm³/mol. The van der Waals surface area contributed by atoms with Gasteiger partial charge >= 0.3 is 0 Å². The van der Waals surface area contributed by atoms with Gasteiger partial charge in [-0.15, -0.1) is 0 Å². The fraction of sp³-hybridized carbons (Fsp3) is 0.625. The van der Waals surface area contributed by atoms with Crippen LogP contribution in [0.4, 0.5) is 0 Å². The first kappa shape index (κ1) is 10.2. The van der Waals surface area contributed by atoms with Gasteiger partial charge in [-0.25, -0.2) is 0 Å². The van der Waals surface area contributed by atoms with Crippen LogP contribution in [0.25, 0.3) is 0 Å². The van der Waals surface area contributed by atoms with Crippen LogP contribution in [0, 0.1) is 5.92 Å². The van der Waals surface area contributed by atoms with Gasteiger partial charge in [0.15, 0.2) is 0 Å². The van der Waals surface area contributed by atoms with Crippen LogP contribution in [0.3, 0.4) is 0 Å². The zero-order chi connectivity index (χ0) is 8.85. The van der Waals surface area contributed by atoms with Crippen molar-refractivity contribution in [2.24, 2.45) is 5.92 Å². The molecule has 0 bridgehead atoms. The third-order valence-corrected chi connectivity index (χ3v) is 1.31.